The van der Waals surface area contributed by atoms with Crippen molar-refractivity contribution in [3.8, 4) is 0 Å². The van der Waals surface area contributed by atoms with E-state index in [1.165, 1.54) is 25.4 Å². The molecule has 0 saturated heterocycles. The van der Waals surface area contributed by atoms with Crippen molar-refractivity contribution in [3.05, 3.63) is 52.9 Å². The lowest BCUT2D eigenvalue weighted by molar-refractivity contribution is 0.0600. The van der Waals surface area contributed by atoms with E-state index in [9.17, 15) is 17.6 Å². The van der Waals surface area contributed by atoms with Gasteiger partial charge in [0.05, 0.1) is 17.7 Å². The number of rotatable bonds is 4. The van der Waals surface area contributed by atoms with E-state index >= 15 is 0 Å². The van der Waals surface area contributed by atoms with Crippen LogP contribution in [0.2, 0.25) is 5.02 Å². The maximum atomic E-state index is 14.0. The molecule has 0 N–H and O–H groups in total. The van der Waals surface area contributed by atoms with Crippen LogP contribution >= 0.6 is 11.6 Å². The lowest BCUT2D eigenvalue weighted by Crippen LogP contribution is -2.28. The molecule has 1 heterocycles. The molecule has 23 heavy (non-hydrogen) atoms. The van der Waals surface area contributed by atoms with E-state index < -0.39 is 26.7 Å². The molecule has 0 atom stereocenters. The Morgan fingerprint density at radius 2 is 2.00 bits per heavy atom. The van der Waals surface area contributed by atoms with E-state index in [0.717, 1.165) is 29.6 Å². The van der Waals surface area contributed by atoms with Gasteiger partial charge in [0, 0.05) is 13.2 Å². The smallest absolute Gasteiger partial charge is 0.337 e. The fourth-order valence-electron chi connectivity index (χ4n) is 1.77. The van der Waals surface area contributed by atoms with Crippen molar-refractivity contribution in [2.75, 3.05) is 18.5 Å². The molecule has 0 fully saturated rings. The molecule has 2 aromatic rings. The SMILES string of the molecule is COC(=O)c1ccc(F)c(S(=O)(=O)N(C)c2ccc(Cl)cn2)c1. The molecule has 1 aromatic carbocycles. The zero-order valence-corrected chi connectivity index (χ0v) is 13.7. The van der Waals surface area contributed by atoms with Gasteiger partial charge >= 0.3 is 5.97 Å². The number of benzene rings is 1. The van der Waals surface area contributed by atoms with Gasteiger partial charge in [0.15, 0.2) is 0 Å². The summed E-state index contributed by atoms with van der Waals surface area (Å²) < 4.78 is 44.4. The first-order valence-electron chi connectivity index (χ1n) is 6.25. The highest BCUT2D eigenvalue weighted by molar-refractivity contribution is 7.92. The Labute approximate surface area is 137 Å². The van der Waals surface area contributed by atoms with Gasteiger partial charge in [0.1, 0.15) is 16.5 Å². The number of halogens is 2. The second-order valence-corrected chi connectivity index (χ2v) is 6.82. The second kappa shape index (κ2) is 6.51. The molecule has 1 aromatic heterocycles. The van der Waals surface area contributed by atoms with Crippen LogP contribution in [-0.4, -0.2) is 33.5 Å². The van der Waals surface area contributed by atoms with Crippen LogP contribution in [-0.2, 0) is 14.8 Å². The number of carbonyl (C=O) groups is 1. The zero-order valence-electron chi connectivity index (χ0n) is 12.2. The average molecular weight is 359 g/mol. The number of ether oxygens (including phenoxy) is 1. The first-order valence-corrected chi connectivity index (χ1v) is 8.07. The van der Waals surface area contributed by atoms with Gasteiger partial charge in [0.2, 0.25) is 0 Å². The number of pyridine rings is 1. The monoisotopic (exact) mass is 358 g/mol. The molecule has 0 spiro atoms. The fourth-order valence-corrected chi connectivity index (χ4v) is 3.12. The summed E-state index contributed by atoms with van der Waals surface area (Å²) in [4.78, 5) is 14.7. The molecule has 0 radical (unpaired) electrons. The van der Waals surface area contributed by atoms with Crippen molar-refractivity contribution in [2.45, 2.75) is 4.90 Å². The van der Waals surface area contributed by atoms with Crippen LogP contribution in [0, 0.1) is 5.82 Å². The Bertz CT molecular complexity index is 840. The van der Waals surface area contributed by atoms with Crippen LogP contribution in [0.1, 0.15) is 10.4 Å². The summed E-state index contributed by atoms with van der Waals surface area (Å²) in [6, 6.07) is 5.78. The summed E-state index contributed by atoms with van der Waals surface area (Å²) in [7, 11) is -1.89. The Balaban J connectivity index is 2.50. The largest absolute Gasteiger partial charge is 0.465 e. The van der Waals surface area contributed by atoms with Crippen LogP contribution in [0.4, 0.5) is 10.2 Å². The Morgan fingerprint density at radius 3 is 2.57 bits per heavy atom. The van der Waals surface area contributed by atoms with Crippen molar-refractivity contribution < 1.29 is 22.3 Å². The molecule has 122 valence electrons. The summed E-state index contributed by atoms with van der Waals surface area (Å²) in [5, 5.41) is 0.332. The Kier molecular flexibility index (Phi) is 4.86. The maximum absolute atomic E-state index is 14.0. The molecule has 0 bridgehead atoms. The third kappa shape index (κ3) is 3.43. The van der Waals surface area contributed by atoms with Gasteiger partial charge in [-0.3, -0.25) is 4.31 Å². The maximum Gasteiger partial charge on any atom is 0.337 e. The van der Waals surface area contributed by atoms with Crippen LogP contribution in [0.15, 0.2) is 41.4 Å². The zero-order chi connectivity index (χ0) is 17.2. The minimum Gasteiger partial charge on any atom is -0.465 e. The van der Waals surface area contributed by atoms with E-state index in [2.05, 4.69) is 9.72 Å². The fraction of sp³-hybridized carbons (Fsp3) is 0.143. The molecule has 0 aliphatic carbocycles. The van der Waals surface area contributed by atoms with Crippen LogP contribution in [0.3, 0.4) is 0 Å². The second-order valence-electron chi connectivity index (χ2n) is 4.44. The summed E-state index contributed by atoms with van der Waals surface area (Å²) in [6.07, 6.45) is 1.27. The number of hydrogen-bond donors (Lipinski definition) is 0. The van der Waals surface area contributed by atoms with Crippen molar-refractivity contribution in [1.29, 1.82) is 0 Å². The minimum absolute atomic E-state index is 0.0530. The molecule has 0 aliphatic rings. The number of methoxy groups -OCH3 is 1. The highest BCUT2D eigenvalue weighted by Crippen LogP contribution is 2.24. The van der Waals surface area contributed by atoms with Gasteiger partial charge in [0.25, 0.3) is 10.0 Å². The predicted molar refractivity (Wildman–Crippen MR) is 82.6 cm³/mol. The van der Waals surface area contributed by atoms with Crippen molar-refractivity contribution in [2.24, 2.45) is 0 Å². The number of nitrogens with zero attached hydrogens (tertiary/aromatic N) is 2. The number of anilines is 1. The molecule has 9 heteroatoms. The van der Waals surface area contributed by atoms with Crippen LogP contribution in [0.25, 0.3) is 0 Å². The van der Waals surface area contributed by atoms with Gasteiger partial charge in [-0.2, -0.15) is 0 Å². The highest BCUT2D eigenvalue weighted by atomic mass is 35.5. The molecular weight excluding hydrogens is 347 g/mol. The number of hydrogen-bond acceptors (Lipinski definition) is 5. The normalized spacial score (nSPS) is 11.1. The molecule has 6 nitrogen and oxygen atoms in total. The van der Waals surface area contributed by atoms with Crippen molar-refractivity contribution >= 4 is 33.4 Å². The van der Waals surface area contributed by atoms with E-state index in [-0.39, 0.29) is 11.4 Å². The van der Waals surface area contributed by atoms with Gasteiger partial charge in [-0.25, -0.2) is 22.6 Å². The topological polar surface area (TPSA) is 76.6 Å². The van der Waals surface area contributed by atoms with E-state index in [1.807, 2.05) is 0 Å². The van der Waals surface area contributed by atoms with E-state index in [4.69, 9.17) is 11.6 Å². The molecular formula is C14H12ClFN2O4S. The summed E-state index contributed by atoms with van der Waals surface area (Å²) in [6.45, 7) is 0. The van der Waals surface area contributed by atoms with Crippen LogP contribution < -0.4 is 4.31 Å². The molecule has 0 aliphatic heterocycles. The predicted octanol–water partition coefficient (Wildman–Crippen LogP) is 2.49. The van der Waals surface area contributed by atoms with Crippen LogP contribution in [0.5, 0.6) is 0 Å². The van der Waals surface area contributed by atoms with E-state index in [0.29, 0.717) is 5.02 Å². The molecule has 0 saturated carbocycles. The molecule has 0 amide bonds. The summed E-state index contributed by atoms with van der Waals surface area (Å²) in [5.74, 6) is -1.70. The Morgan fingerprint density at radius 1 is 1.30 bits per heavy atom. The Hall–Kier alpha value is -2.19. The first kappa shape index (κ1) is 17.2. The molecule has 2 rings (SSSR count). The number of aromatic nitrogens is 1. The lowest BCUT2D eigenvalue weighted by atomic mass is 10.2. The third-order valence-electron chi connectivity index (χ3n) is 3.03. The highest BCUT2D eigenvalue weighted by Gasteiger charge is 2.27. The first-order chi connectivity index (χ1) is 10.8. The molecule has 0 unspecified atom stereocenters. The van der Waals surface area contributed by atoms with Gasteiger partial charge in [-0.15, -0.1) is 0 Å². The standard InChI is InChI=1S/C14H12ClFN2O4S/c1-18(13-6-4-10(15)8-17-13)23(20,21)12-7-9(14(19)22-2)3-5-11(12)16/h3-8H,1-2H3. The number of carbonyl (C=O) groups excluding carboxylic acids is 1. The summed E-state index contributed by atoms with van der Waals surface area (Å²) >= 11 is 5.70. The van der Waals surface area contributed by atoms with Gasteiger partial charge in [-0.1, -0.05) is 11.6 Å². The van der Waals surface area contributed by atoms with Gasteiger partial charge in [-0.05, 0) is 30.3 Å². The van der Waals surface area contributed by atoms with Crippen molar-refractivity contribution in [1.82, 2.24) is 4.98 Å². The lowest BCUT2D eigenvalue weighted by Gasteiger charge is -2.19. The van der Waals surface area contributed by atoms with Gasteiger partial charge < -0.3 is 4.74 Å². The van der Waals surface area contributed by atoms with Crippen molar-refractivity contribution in [3.63, 3.8) is 0 Å². The average Bonchev–Trinajstić information content (AvgIpc) is 2.54. The number of esters is 1. The van der Waals surface area contributed by atoms with E-state index in [1.54, 1.807) is 0 Å². The minimum atomic E-state index is -4.25. The quantitative estimate of drug-likeness (QED) is 0.785. The number of sulfonamides is 1. The third-order valence-corrected chi connectivity index (χ3v) is 5.03. The summed E-state index contributed by atoms with van der Waals surface area (Å²) in [5.41, 5.74) is -0.0788.